The molecule has 0 aliphatic rings. The van der Waals surface area contributed by atoms with E-state index in [2.05, 4.69) is 6.07 Å². The summed E-state index contributed by atoms with van der Waals surface area (Å²) < 4.78 is 0. The van der Waals surface area contributed by atoms with Crippen LogP contribution in [0.3, 0.4) is 0 Å². The Balaban J connectivity index is 2.96. The van der Waals surface area contributed by atoms with Crippen LogP contribution in [-0.2, 0) is 0 Å². The first-order valence-electron chi connectivity index (χ1n) is 5.01. The molecule has 86 valence electrons. The first kappa shape index (κ1) is 12.6. The SMILES string of the molecule is CCN(CC)C(C#N)c1ccc([N+](=O)[O-])s1. The summed E-state index contributed by atoms with van der Waals surface area (Å²) in [5.74, 6) is 0. The van der Waals surface area contributed by atoms with Gasteiger partial charge in [-0.15, -0.1) is 0 Å². The smallest absolute Gasteiger partial charge is 0.284 e. The van der Waals surface area contributed by atoms with Gasteiger partial charge < -0.3 is 0 Å². The maximum absolute atomic E-state index is 10.6. The highest BCUT2D eigenvalue weighted by atomic mass is 32.1. The van der Waals surface area contributed by atoms with Crippen molar-refractivity contribution in [1.82, 2.24) is 4.90 Å². The number of thiophene rings is 1. The lowest BCUT2D eigenvalue weighted by atomic mass is 10.2. The lowest BCUT2D eigenvalue weighted by Crippen LogP contribution is -2.26. The Kier molecular flexibility index (Phi) is 4.40. The molecule has 0 aliphatic carbocycles. The molecule has 0 bridgehead atoms. The summed E-state index contributed by atoms with van der Waals surface area (Å²) >= 11 is 1.07. The van der Waals surface area contributed by atoms with Crippen molar-refractivity contribution >= 4 is 16.3 Å². The maximum atomic E-state index is 10.6. The van der Waals surface area contributed by atoms with Crippen LogP contribution in [0, 0.1) is 21.4 Å². The van der Waals surface area contributed by atoms with Crippen LogP contribution in [0.25, 0.3) is 0 Å². The van der Waals surface area contributed by atoms with E-state index in [4.69, 9.17) is 5.26 Å². The molecule has 0 aliphatic heterocycles. The van der Waals surface area contributed by atoms with Crippen molar-refractivity contribution in [1.29, 1.82) is 5.26 Å². The highest BCUT2D eigenvalue weighted by molar-refractivity contribution is 7.15. The fraction of sp³-hybridized carbons (Fsp3) is 0.500. The molecule has 5 nitrogen and oxygen atoms in total. The summed E-state index contributed by atoms with van der Waals surface area (Å²) in [5, 5.41) is 19.7. The van der Waals surface area contributed by atoms with Crippen molar-refractivity contribution in [3.05, 3.63) is 27.1 Å². The van der Waals surface area contributed by atoms with Gasteiger partial charge in [-0.05, 0) is 19.2 Å². The first-order valence-corrected chi connectivity index (χ1v) is 5.83. The lowest BCUT2D eigenvalue weighted by molar-refractivity contribution is -0.380. The molecule has 16 heavy (non-hydrogen) atoms. The summed E-state index contributed by atoms with van der Waals surface area (Å²) in [6.45, 7) is 5.44. The standard InChI is InChI=1S/C10H13N3O2S/c1-3-12(4-2)8(7-11)9-5-6-10(16-9)13(14)15/h5-6,8H,3-4H2,1-2H3. The Hall–Kier alpha value is -1.45. The number of hydrogen-bond acceptors (Lipinski definition) is 5. The van der Waals surface area contributed by atoms with Crippen LogP contribution in [-0.4, -0.2) is 22.9 Å². The fourth-order valence-corrected chi connectivity index (χ4v) is 2.40. The second-order valence-corrected chi connectivity index (χ2v) is 4.28. The largest absolute Gasteiger partial charge is 0.324 e. The van der Waals surface area contributed by atoms with Crippen LogP contribution in [0.4, 0.5) is 5.00 Å². The second-order valence-electron chi connectivity index (χ2n) is 3.19. The minimum Gasteiger partial charge on any atom is -0.284 e. The summed E-state index contributed by atoms with van der Waals surface area (Å²) in [5.41, 5.74) is 0. The zero-order chi connectivity index (χ0) is 12.1. The molecule has 1 heterocycles. The maximum Gasteiger partial charge on any atom is 0.324 e. The zero-order valence-corrected chi connectivity index (χ0v) is 10.0. The van der Waals surface area contributed by atoms with Gasteiger partial charge in [-0.25, -0.2) is 0 Å². The number of rotatable bonds is 5. The van der Waals surface area contributed by atoms with Crippen LogP contribution >= 0.6 is 11.3 Å². The summed E-state index contributed by atoms with van der Waals surface area (Å²) in [7, 11) is 0. The van der Waals surface area contributed by atoms with Crippen LogP contribution < -0.4 is 0 Å². The van der Waals surface area contributed by atoms with Crippen molar-refractivity contribution in [2.75, 3.05) is 13.1 Å². The molecule has 1 unspecified atom stereocenters. The van der Waals surface area contributed by atoms with Gasteiger partial charge in [-0.1, -0.05) is 25.2 Å². The van der Waals surface area contributed by atoms with Gasteiger partial charge in [0.25, 0.3) is 0 Å². The minimum absolute atomic E-state index is 0.0856. The van der Waals surface area contributed by atoms with E-state index in [1.54, 1.807) is 6.07 Å². The first-order chi connectivity index (χ1) is 7.63. The van der Waals surface area contributed by atoms with Gasteiger partial charge in [0.2, 0.25) is 0 Å². The molecule has 6 heteroatoms. The topological polar surface area (TPSA) is 70.2 Å². The predicted molar refractivity (Wildman–Crippen MR) is 62.2 cm³/mol. The minimum atomic E-state index is -0.426. The summed E-state index contributed by atoms with van der Waals surface area (Å²) in [6, 6.07) is 4.92. The van der Waals surface area contributed by atoms with Crippen LogP contribution in [0.2, 0.25) is 0 Å². The molecule has 1 aromatic heterocycles. The van der Waals surface area contributed by atoms with Gasteiger partial charge in [-0.2, -0.15) is 5.26 Å². The molecule has 0 saturated carbocycles. The number of hydrogen-bond donors (Lipinski definition) is 0. The Labute approximate surface area is 98.1 Å². The summed E-state index contributed by atoms with van der Waals surface area (Å²) in [6.07, 6.45) is 0. The molecule has 0 radical (unpaired) electrons. The van der Waals surface area contributed by atoms with E-state index in [1.165, 1.54) is 6.07 Å². The monoisotopic (exact) mass is 239 g/mol. The fourth-order valence-electron chi connectivity index (χ4n) is 1.50. The van der Waals surface area contributed by atoms with Gasteiger partial charge in [0.15, 0.2) is 0 Å². The van der Waals surface area contributed by atoms with Gasteiger partial charge in [0, 0.05) is 10.9 Å². The molecule has 0 aromatic carbocycles. The van der Waals surface area contributed by atoms with E-state index in [9.17, 15) is 10.1 Å². The van der Waals surface area contributed by atoms with Crippen LogP contribution in [0.15, 0.2) is 12.1 Å². The number of nitro groups is 1. The molecule has 1 aromatic rings. The van der Waals surface area contributed by atoms with E-state index in [0.717, 1.165) is 29.3 Å². The molecule has 0 saturated heterocycles. The lowest BCUT2D eigenvalue weighted by Gasteiger charge is -2.22. The molecule has 0 fully saturated rings. The summed E-state index contributed by atoms with van der Waals surface area (Å²) in [4.78, 5) is 12.8. The van der Waals surface area contributed by atoms with E-state index in [0.29, 0.717) is 0 Å². The van der Waals surface area contributed by atoms with Gasteiger partial charge in [0.1, 0.15) is 6.04 Å². The average Bonchev–Trinajstić information content (AvgIpc) is 2.74. The van der Waals surface area contributed by atoms with Gasteiger partial charge in [-0.3, -0.25) is 15.0 Å². The third kappa shape index (κ3) is 2.56. The highest BCUT2D eigenvalue weighted by Gasteiger charge is 2.21. The van der Waals surface area contributed by atoms with Gasteiger partial charge in [0.05, 0.1) is 11.0 Å². The predicted octanol–water partition coefficient (Wildman–Crippen LogP) is 2.56. The quantitative estimate of drug-likeness (QED) is 0.585. The molecular formula is C10H13N3O2S. The molecule has 0 spiro atoms. The average molecular weight is 239 g/mol. The third-order valence-corrected chi connectivity index (χ3v) is 3.45. The Bertz CT molecular complexity index is 406. The normalized spacial score (nSPS) is 12.4. The van der Waals surface area contributed by atoms with E-state index in [-0.39, 0.29) is 11.0 Å². The zero-order valence-electron chi connectivity index (χ0n) is 9.21. The number of nitriles is 1. The molecule has 1 atom stereocenters. The Morgan fingerprint density at radius 1 is 1.56 bits per heavy atom. The molecule has 0 N–H and O–H groups in total. The van der Waals surface area contributed by atoms with E-state index in [1.807, 2.05) is 18.7 Å². The van der Waals surface area contributed by atoms with E-state index < -0.39 is 4.92 Å². The second kappa shape index (κ2) is 5.58. The molecule has 0 amide bonds. The van der Waals surface area contributed by atoms with Gasteiger partial charge >= 0.3 is 5.00 Å². The van der Waals surface area contributed by atoms with Crippen molar-refractivity contribution in [2.45, 2.75) is 19.9 Å². The van der Waals surface area contributed by atoms with Crippen molar-refractivity contribution in [2.24, 2.45) is 0 Å². The van der Waals surface area contributed by atoms with Crippen molar-refractivity contribution in [3.63, 3.8) is 0 Å². The third-order valence-electron chi connectivity index (χ3n) is 2.36. The van der Waals surface area contributed by atoms with E-state index >= 15 is 0 Å². The molecule has 1 rings (SSSR count). The Morgan fingerprint density at radius 2 is 2.19 bits per heavy atom. The van der Waals surface area contributed by atoms with Crippen molar-refractivity contribution < 1.29 is 4.92 Å². The van der Waals surface area contributed by atoms with Crippen molar-refractivity contribution in [3.8, 4) is 6.07 Å². The molecular weight excluding hydrogens is 226 g/mol. The number of nitrogens with zero attached hydrogens (tertiary/aromatic N) is 3. The van der Waals surface area contributed by atoms with Crippen LogP contribution in [0.1, 0.15) is 24.8 Å². The Morgan fingerprint density at radius 3 is 2.56 bits per heavy atom. The van der Waals surface area contributed by atoms with Crippen LogP contribution in [0.5, 0.6) is 0 Å². The highest BCUT2D eigenvalue weighted by Crippen LogP contribution is 2.31.